The monoisotopic (exact) mass is 319 g/mol. The van der Waals surface area contributed by atoms with E-state index in [2.05, 4.69) is 16.0 Å². The van der Waals surface area contributed by atoms with E-state index in [-0.39, 0.29) is 23.9 Å². The fraction of sp³-hybridized carbons (Fsp3) is 0.529. The molecule has 3 N–H and O–H groups in total. The van der Waals surface area contributed by atoms with Gasteiger partial charge in [-0.2, -0.15) is 0 Å². The Kier molecular flexibility index (Phi) is 5.98. The molecule has 0 radical (unpaired) electrons. The smallest absolute Gasteiger partial charge is 0.319 e. The highest BCUT2D eigenvalue weighted by Gasteiger charge is 2.18. The second-order valence-corrected chi connectivity index (χ2v) is 6.03. The van der Waals surface area contributed by atoms with Gasteiger partial charge in [-0.25, -0.2) is 4.79 Å². The number of carbonyl (C=O) groups excluding carboxylic acids is 2. The van der Waals surface area contributed by atoms with Crippen molar-refractivity contribution in [2.45, 2.75) is 39.7 Å². The van der Waals surface area contributed by atoms with Crippen LogP contribution in [-0.2, 0) is 16.0 Å². The van der Waals surface area contributed by atoms with Crippen LogP contribution in [0.5, 0.6) is 0 Å². The van der Waals surface area contributed by atoms with Crippen LogP contribution in [0.3, 0.4) is 0 Å². The fourth-order valence-corrected chi connectivity index (χ4v) is 2.44. The summed E-state index contributed by atoms with van der Waals surface area (Å²) in [6.45, 7) is 7.15. The average Bonchev–Trinajstić information content (AvgIpc) is 2.51. The van der Waals surface area contributed by atoms with Gasteiger partial charge in [0.1, 0.15) is 0 Å². The molecule has 6 nitrogen and oxygen atoms in total. The molecule has 126 valence electrons. The highest BCUT2D eigenvalue weighted by atomic mass is 16.5. The molecule has 0 bridgehead atoms. The molecule has 23 heavy (non-hydrogen) atoms. The van der Waals surface area contributed by atoms with Gasteiger partial charge >= 0.3 is 6.03 Å². The number of ether oxygens (including phenoxy) is 1. The molecule has 0 unspecified atom stereocenters. The molecule has 0 fully saturated rings. The van der Waals surface area contributed by atoms with Gasteiger partial charge in [0.2, 0.25) is 5.91 Å². The molecule has 0 aliphatic carbocycles. The maximum absolute atomic E-state index is 12.2. The summed E-state index contributed by atoms with van der Waals surface area (Å²) >= 11 is 0. The summed E-state index contributed by atoms with van der Waals surface area (Å²) in [6.07, 6.45) is 1.17. The van der Waals surface area contributed by atoms with Crippen molar-refractivity contribution in [3.63, 3.8) is 0 Å². The first-order valence-electron chi connectivity index (χ1n) is 8.07. The summed E-state index contributed by atoms with van der Waals surface area (Å²) in [4.78, 5) is 23.5. The number of hydrogen-bond donors (Lipinski definition) is 3. The van der Waals surface area contributed by atoms with Crippen LogP contribution in [0.25, 0.3) is 0 Å². The lowest BCUT2D eigenvalue weighted by Crippen LogP contribution is -2.44. The van der Waals surface area contributed by atoms with Gasteiger partial charge in [-0.3, -0.25) is 4.79 Å². The number of hydrogen-bond acceptors (Lipinski definition) is 3. The van der Waals surface area contributed by atoms with Gasteiger partial charge in [0, 0.05) is 24.4 Å². The number of carbonyl (C=O) groups is 2. The van der Waals surface area contributed by atoms with Crippen LogP contribution in [-0.4, -0.2) is 31.2 Å². The molecule has 3 amide bonds. The van der Waals surface area contributed by atoms with Gasteiger partial charge in [-0.05, 0) is 43.0 Å². The Balaban J connectivity index is 1.95. The zero-order valence-electron chi connectivity index (χ0n) is 13.9. The van der Waals surface area contributed by atoms with Crippen molar-refractivity contribution in [3.8, 4) is 0 Å². The fourth-order valence-electron chi connectivity index (χ4n) is 2.44. The molecule has 1 aromatic rings. The highest BCUT2D eigenvalue weighted by Crippen LogP contribution is 2.25. The second kappa shape index (κ2) is 7.97. The number of urea groups is 1. The van der Waals surface area contributed by atoms with Gasteiger partial charge in [0.15, 0.2) is 0 Å². The Hall–Kier alpha value is -2.08. The van der Waals surface area contributed by atoms with Crippen molar-refractivity contribution in [1.82, 2.24) is 5.32 Å². The molecule has 0 spiro atoms. The first-order valence-corrected chi connectivity index (χ1v) is 8.07. The lowest BCUT2D eigenvalue weighted by molar-refractivity contribution is -0.116. The van der Waals surface area contributed by atoms with Crippen molar-refractivity contribution < 1.29 is 14.3 Å². The number of nitrogens with one attached hydrogen (secondary N) is 3. The quantitative estimate of drug-likeness (QED) is 0.754. The molecular weight excluding hydrogens is 294 g/mol. The largest absolute Gasteiger partial charge is 0.380 e. The minimum absolute atomic E-state index is 0.0339. The van der Waals surface area contributed by atoms with E-state index in [1.54, 1.807) is 6.07 Å². The number of rotatable bonds is 6. The lowest BCUT2D eigenvalue weighted by Gasteiger charge is -2.23. The zero-order chi connectivity index (χ0) is 16.8. The van der Waals surface area contributed by atoms with Crippen LogP contribution in [0.2, 0.25) is 0 Å². The molecule has 1 atom stereocenters. The SMILES string of the molecule is CCOC[C@H](NC(=O)Nc1ccc2c(c1)CCC(=O)N2)C(C)C. The van der Waals surface area contributed by atoms with Crippen molar-refractivity contribution in [3.05, 3.63) is 23.8 Å². The predicted molar refractivity (Wildman–Crippen MR) is 90.7 cm³/mol. The van der Waals surface area contributed by atoms with Crippen molar-refractivity contribution in [2.24, 2.45) is 5.92 Å². The molecule has 1 aliphatic heterocycles. The van der Waals surface area contributed by atoms with E-state index in [1.165, 1.54) is 0 Å². The van der Waals surface area contributed by atoms with Gasteiger partial charge in [0.05, 0.1) is 12.6 Å². The normalized spacial score (nSPS) is 14.9. The Morgan fingerprint density at radius 1 is 1.35 bits per heavy atom. The van der Waals surface area contributed by atoms with Crippen LogP contribution < -0.4 is 16.0 Å². The van der Waals surface area contributed by atoms with E-state index in [0.29, 0.717) is 26.1 Å². The van der Waals surface area contributed by atoms with E-state index < -0.39 is 0 Å². The number of benzene rings is 1. The Labute approximate surface area is 137 Å². The van der Waals surface area contributed by atoms with Gasteiger partial charge in [-0.15, -0.1) is 0 Å². The molecule has 1 aliphatic rings. The van der Waals surface area contributed by atoms with Gasteiger partial charge in [-0.1, -0.05) is 13.8 Å². The summed E-state index contributed by atoms with van der Waals surface area (Å²) in [7, 11) is 0. The summed E-state index contributed by atoms with van der Waals surface area (Å²) in [5.74, 6) is 0.317. The maximum atomic E-state index is 12.2. The summed E-state index contributed by atoms with van der Waals surface area (Å²) in [5, 5.41) is 8.62. The molecule has 0 aromatic heterocycles. The third kappa shape index (κ3) is 4.96. The molecule has 0 saturated heterocycles. The summed E-state index contributed by atoms with van der Waals surface area (Å²) in [5.41, 5.74) is 2.58. The van der Waals surface area contributed by atoms with Crippen LogP contribution in [0, 0.1) is 5.92 Å². The number of amides is 3. The van der Waals surface area contributed by atoms with Crippen molar-refractivity contribution >= 4 is 23.3 Å². The lowest BCUT2D eigenvalue weighted by atomic mass is 10.0. The Morgan fingerprint density at radius 3 is 2.83 bits per heavy atom. The van der Waals surface area contributed by atoms with E-state index in [4.69, 9.17) is 4.74 Å². The first kappa shape index (κ1) is 17.3. The third-order valence-corrected chi connectivity index (χ3v) is 3.88. The minimum Gasteiger partial charge on any atom is -0.380 e. The maximum Gasteiger partial charge on any atom is 0.319 e. The predicted octanol–water partition coefficient (Wildman–Crippen LogP) is 2.75. The van der Waals surface area contributed by atoms with E-state index in [9.17, 15) is 9.59 Å². The zero-order valence-corrected chi connectivity index (χ0v) is 13.9. The summed E-state index contributed by atoms with van der Waals surface area (Å²) in [6, 6.07) is 5.23. The van der Waals surface area contributed by atoms with Crippen LogP contribution in [0.15, 0.2) is 18.2 Å². The molecule has 0 saturated carbocycles. The topological polar surface area (TPSA) is 79.5 Å². The van der Waals surface area contributed by atoms with Gasteiger partial charge < -0.3 is 20.7 Å². The highest BCUT2D eigenvalue weighted by molar-refractivity contribution is 5.95. The number of aryl methyl sites for hydroxylation is 1. The van der Waals surface area contributed by atoms with Crippen LogP contribution in [0.4, 0.5) is 16.2 Å². The molecular formula is C17H25N3O3. The Bertz CT molecular complexity index is 572. The average molecular weight is 319 g/mol. The molecule has 2 rings (SSSR count). The second-order valence-electron chi connectivity index (χ2n) is 6.03. The summed E-state index contributed by atoms with van der Waals surface area (Å²) < 4.78 is 5.41. The van der Waals surface area contributed by atoms with Gasteiger partial charge in [0.25, 0.3) is 0 Å². The molecule has 1 heterocycles. The van der Waals surface area contributed by atoms with Crippen molar-refractivity contribution in [2.75, 3.05) is 23.8 Å². The van der Waals surface area contributed by atoms with E-state index >= 15 is 0 Å². The van der Waals surface area contributed by atoms with E-state index in [1.807, 2.05) is 32.9 Å². The molecule has 6 heteroatoms. The first-order chi connectivity index (χ1) is 11.0. The third-order valence-electron chi connectivity index (χ3n) is 3.88. The minimum atomic E-state index is -0.247. The van der Waals surface area contributed by atoms with Crippen LogP contribution in [0.1, 0.15) is 32.8 Å². The van der Waals surface area contributed by atoms with Crippen molar-refractivity contribution in [1.29, 1.82) is 0 Å². The molecule has 1 aromatic carbocycles. The Morgan fingerprint density at radius 2 is 2.13 bits per heavy atom. The standard InChI is InChI=1S/C17H25N3O3/c1-4-23-10-15(11(2)3)20-17(22)18-13-6-7-14-12(9-13)5-8-16(21)19-14/h6-7,9,11,15H,4-5,8,10H2,1-3H3,(H,19,21)(H2,18,20,22)/t15-/m0/s1. The van der Waals surface area contributed by atoms with Crippen LogP contribution >= 0.6 is 0 Å². The number of anilines is 2. The number of fused-ring (bicyclic) bond motifs is 1. The van der Waals surface area contributed by atoms with E-state index in [0.717, 1.165) is 16.9 Å².